The van der Waals surface area contributed by atoms with Crippen LogP contribution < -0.4 is 10.2 Å². The maximum absolute atomic E-state index is 12.5. The molecule has 3 rings (SSSR count). The molecule has 31 heavy (non-hydrogen) atoms. The lowest BCUT2D eigenvalue weighted by Crippen LogP contribution is -2.39. The summed E-state index contributed by atoms with van der Waals surface area (Å²) in [4.78, 5) is 39.8. The monoisotopic (exact) mass is 439 g/mol. The number of carbonyl (C=O) groups is 3. The Kier molecular flexibility index (Phi) is 7.84. The highest BCUT2D eigenvalue weighted by molar-refractivity contribution is 6.30. The van der Waals surface area contributed by atoms with Crippen LogP contribution in [0, 0.1) is 0 Å². The van der Waals surface area contributed by atoms with Gasteiger partial charge in [0.15, 0.2) is 0 Å². The molecule has 1 fully saturated rings. The van der Waals surface area contributed by atoms with Crippen LogP contribution in [0.3, 0.4) is 0 Å². The molecule has 6 nitrogen and oxygen atoms in total. The summed E-state index contributed by atoms with van der Waals surface area (Å²) in [7, 11) is 0. The third-order valence-corrected chi connectivity index (χ3v) is 5.38. The van der Waals surface area contributed by atoms with Crippen LogP contribution in [0.2, 0.25) is 5.02 Å². The van der Waals surface area contributed by atoms with E-state index in [1.165, 1.54) is 11.0 Å². The summed E-state index contributed by atoms with van der Waals surface area (Å²) in [6, 6.07) is 14.7. The van der Waals surface area contributed by atoms with Crippen molar-refractivity contribution in [2.24, 2.45) is 0 Å². The second-order valence-corrected chi connectivity index (χ2v) is 7.77. The fourth-order valence-corrected chi connectivity index (χ4v) is 3.46. The van der Waals surface area contributed by atoms with Gasteiger partial charge in [-0.25, -0.2) is 0 Å². The average Bonchev–Trinajstić information content (AvgIpc) is 3.21. The van der Waals surface area contributed by atoms with E-state index in [1.54, 1.807) is 23.1 Å². The maximum atomic E-state index is 12.5. The quantitative estimate of drug-likeness (QED) is 0.638. The van der Waals surface area contributed by atoms with Gasteiger partial charge in [0.25, 0.3) is 0 Å². The van der Waals surface area contributed by atoms with Gasteiger partial charge in [-0.05, 0) is 54.8 Å². The fourth-order valence-electron chi connectivity index (χ4n) is 3.34. The number of hydrogen-bond acceptors (Lipinski definition) is 3. The lowest BCUT2D eigenvalue weighted by Gasteiger charge is -2.18. The number of benzene rings is 2. The highest BCUT2D eigenvalue weighted by atomic mass is 35.5. The molecule has 0 unspecified atom stereocenters. The van der Waals surface area contributed by atoms with Crippen LogP contribution in [-0.4, -0.2) is 42.3 Å². The van der Waals surface area contributed by atoms with Gasteiger partial charge in [-0.1, -0.05) is 35.9 Å². The molecule has 3 amide bonds. The van der Waals surface area contributed by atoms with Gasteiger partial charge in [0.2, 0.25) is 17.7 Å². The SMILES string of the molecule is CCN(CC(=O)NCc1ccc(Cl)cc1)C(=O)/C=C/c1ccc(N2CCCC2=O)cc1. The Balaban J connectivity index is 1.51. The van der Waals surface area contributed by atoms with Crippen LogP contribution in [-0.2, 0) is 20.9 Å². The van der Waals surface area contributed by atoms with Gasteiger partial charge < -0.3 is 15.1 Å². The Hall–Kier alpha value is -3.12. The zero-order chi connectivity index (χ0) is 22.2. The second kappa shape index (κ2) is 10.8. The van der Waals surface area contributed by atoms with E-state index in [-0.39, 0.29) is 24.3 Å². The summed E-state index contributed by atoms with van der Waals surface area (Å²) in [6.45, 7) is 3.37. The van der Waals surface area contributed by atoms with Gasteiger partial charge >= 0.3 is 0 Å². The molecule has 0 bridgehead atoms. The first kappa shape index (κ1) is 22.6. The standard InChI is InChI=1S/C24H26ClN3O3/c1-2-27(17-22(29)26-16-19-5-10-20(25)11-6-19)23(30)14-9-18-7-12-21(13-8-18)28-15-3-4-24(28)31/h5-14H,2-4,15-17H2,1H3,(H,26,29)/b14-9+. The molecule has 0 aliphatic carbocycles. The third-order valence-electron chi connectivity index (χ3n) is 5.13. The molecular formula is C24H26ClN3O3. The summed E-state index contributed by atoms with van der Waals surface area (Å²) in [6.07, 6.45) is 4.66. The number of nitrogens with one attached hydrogen (secondary N) is 1. The van der Waals surface area contributed by atoms with Crippen molar-refractivity contribution in [3.05, 3.63) is 70.8 Å². The smallest absolute Gasteiger partial charge is 0.247 e. The zero-order valence-corrected chi connectivity index (χ0v) is 18.3. The van der Waals surface area contributed by atoms with Crippen LogP contribution in [0.4, 0.5) is 5.69 Å². The van der Waals surface area contributed by atoms with Crippen molar-refractivity contribution in [1.82, 2.24) is 10.2 Å². The third kappa shape index (κ3) is 6.43. The molecule has 2 aromatic carbocycles. The molecule has 162 valence electrons. The summed E-state index contributed by atoms with van der Waals surface area (Å²) >= 11 is 5.86. The predicted molar refractivity (Wildman–Crippen MR) is 123 cm³/mol. The molecule has 0 atom stereocenters. The molecule has 2 aromatic rings. The Morgan fingerprint density at radius 3 is 2.45 bits per heavy atom. The van der Waals surface area contributed by atoms with Gasteiger partial charge in [-0.3, -0.25) is 14.4 Å². The molecule has 0 radical (unpaired) electrons. The van der Waals surface area contributed by atoms with E-state index >= 15 is 0 Å². The highest BCUT2D eigenvalue weighted by Crippen LogP contribution is 2.22. The number of carbonyl (C=O) groups excluding carboxylic acids is 3. The minimum absolute atomic E-state index is 0.0106. The molecule has 0 spiro atoms. The lowest BCUT2D eigenvalue weighted by atomic mass is 10.2. The number of halogens is 1. The van der Waals surface area contributed by atoms with E-state index in [0.717, 1.165) is 29.8 Å². The first-order chi connectivity index (χ1) is 15.0. The van der Waals surface area contributed by atoms with Crippen molar-refractivity contribution in [2.75, 3.05) is 24.5 Å². The van der Waals surface area contributed by atoms with Crippen LogP contribution in [0.1, 0.15) is 30.9 Å². The first-order valence-corrected chi connectivity index (χ1v) is 10.7. The summed E-state index contributed by atoms with van der Waals surface area (Å²) in [5.74, 6) is -0.312. The van der Waals surface area contributed by atoms with E-state index in [1.807, 2.05) is 43.3 Å². The van der Waals surface area contributed by atoms with Gasteiger partial charge in [-0.15, -0.1) is 0 Å². The Labute approximate surface area is 187 Å². The van der Waals surface area contributed by atoms with Crippen molar-refractivity contribution in [3.8, 4) is 0 Å². The molecule has 0 saturated carbocycles. The molecule has 1 aliphatic heterocycles. The molecule has 1 aliphatic rings. The maximum Gasteiger partial charge on any atom is 0.247 e. The Bertz CT molecular complexity index is 955. The average molecular weight is 440 g/mol. The van der Waals surface area contributed by atoms with Gasteiger partial charge in [-0.2, -0.15) is 0 Å². The minimum atomic E-state index is -0.233. The van der Waals surface area contributed by atoms with Gasteiger partial charge in [0.05, 0.1) is 6.54 Å². The molecule has 7 heteroatoms. The van der Waals surface area contributed by atoms with Crippen molar-refractivity contribution in [1.29, 1.82) is 0 Å². The topological polar surface area (TPSA) is 69.7 Å². The van der Waals surface area contributed by atoms with Crippen LogP contribution in [0.5, 0.6) is 0 Å². The summed E-state index contributed by atoms with van der Waals surface area (Å²) in [5.41, 5.74) is 2.66. The van der Waals surface area contributed by atoms with Crippen molar-refractivity contribution >= 4 is 41.1 Å². The zero-order valence-electron chi connectivity index (χ0n) is 17.5. The fraction of sp³-hybridized carbons (Fsp3) is 0.292. The number of likely N-dealkylation sites (N-methyl/N-ethyl adjacent to an activating group) is 1. The highest BCUT2D eigenvalue weighted by Gasteiger charge is 2.21. The molecule has 1 heterocycles. The van der Waals surface area contributed by atoms with Crippen molar-refractivity contribution in [2.45, 2.75) is 26.3 Å². The normalized spacial score (nSPS) is 13.6. The van der Waals surface area contributed by atoms with Crippen molar-refractivity contribution in [3.63, 3.8) is 0 Å². The summed E-state index contributed by atoms with van der Waals surface area (Å²) in [5, 5.41) is 3.46. The van der Waals surface area contributed by atoms with Crippen LogP contribution >= 0.6 is 11.6 Å². The number of rotatable bonds is 8. The van der Waals surface area contributed by atoms with E-state index in [0.29, 0.717) is 24.5 Å². The Morgan fingerprint density at radius 2 is 1.84 bits per heavy atom. The number of hydrogen-bond donors (Lipinski definition) is 1. The molecule has 1 N–H and O–H groups in total. The van der Waals surface area contributed by atoms with E-state index in [2.05, 4.69) is 5.32 Å². The first-order valence-electron chi connectivity index (χ1n) is 10.3. The predicted octanol–water partition coefficient (Wildman–Crippen LogP) is 3.64. The van der Waals surface area contributed by atoms with E-state index in [4.69, 9.17) is 11.6 Å². The Morgan fingerprint density at radius 1 is 1.13 bits per heavy atom. The number of nitrogens with zero attached hydrogens (tertiary/aromatic N) is 2. The lowest BCUT2D eigenvalue weighted by molar-refractivity contribution is -0.132. The molecule has 0 aromatic heterocycles. The van der Waals surface area contributed by atoms with E-state index in [9.17, 15) is 14.4 Å². The van der Waals surface area contributed by atoms with Crippen molar-refractivity contribution < 1.29 is 14.4 Å². The van der Waals surface area contributed by atoms with Crippen LogP contribution in [0.15, 0.2) is 54.6 Å². The largest absolute Gasteiger partial charge is 0.350 e. The van der Waals surface area contributed by atoms with E-state index < -0.39 is 0 Å². The number of anilines is 1. The number of amides is 3. The second-order valence-electron chi connectivity index (χ2n) is 7.33. The minimum Gasteiger partial charge on any atom is -0.350 e. The van der Waals surface area contributed by atoms with Gasteiger partial charge in [0.1, 0.15) is 0 Å². The van der Waals surface area contributed by atoms with Crippen LogP contribution in [0.25, 0.3) is 6.08 Å². The molecular weight excluding hydrogens is 414 g/mol. The molecule has 1 saturated heterocycles. The van der Waals surface area contributed by atoms with Gasteiger partial charge in [0, 0.05) is 42.8 Å². The summed E-state index contributed by atoms with van der Waals surface area (Å²) < 4.78 is 0.